The molecule has 0 fully saturated rings. The van der Waals surface area contributed by atoms with Crippen LogP contribution in [0.3, 0.4) is 0 Å². The van der Waals surface area contributed by atoms with Gasteiger partial charge in [-0.05, 0) is 35.9 Å². The fourth-order valence-corrected chi connectivity index (χ4v) is 2.17. The monoisotopic (exact) mass is 273 g/mol. The lowest BCUT2D eigenvalue weighted by molar-refractivity contribution is 0.569. The van der Waals surface area contributed by atoms with E-state index >= 15 is 0 Å². The molecule has 2 N–H and O–H groups in total. The molecule has 3 nitrogen and oxygen atoms in total. The summed E-state index contributed by atoms with van der Waals surface area (Å²) in [6, 6.07) is 7.30. The molecule has 2 aromatic heterocycles. The van der Waals surface area contributed by atoms with Gasteiger partial charge in [0.1, 0.15) is 17.3 Å². The summed E-state index contributed by atoms with van der Waals surface area (Å²) in [4.78, 5) is 7.27. The molecule has 1 aromatic carbocycles. The van der Waals surface area contributed by atoms with E-state index in [1.54, 1.807) is 6.20 Å². The van der Waals surface area contributed by atoms with E-state index in [0.717, 1.165) is 28.7 Å². The number of nitrogens with zero attached hydrogens (tertiary/aromatic N) is 1. The Balaban J connectivity index is 1.69. The molecule has 0 spiro atoms. The predicted octanol–water partition coefficient (Wildman–Crippen LogP) is 3.13. The van der Waals surface area contributed by atoms with Crippen molar-refractivity contribution in [2.24, 2.45) is 0 Å². The van der Waals surface area contributed by atoms with E-state index in [2.05, 4.69) is 15.3 Å². The van der Waals surface area contributed by atoms with E-state index in [1.807, 2.05) is 18.3 Å². The average Bonchev–Trinajstić information content (AvgIpc) is 2.86. The van der Waals surface area contributed by atoms with Crippen LogP contribution >= 0.6 is 0 Å². The number of nitrogens with one attached hydrogen (secondary N) is 2. The lowest BCUT2D eigenvalue weighted by atomic mass is 10.2. The van der Waals surface area contributed by atoms with E-state index in [9.17, 15) is 8.78 Å². The molecule has 0 amide bonds. The van der Waals surface area contributed by atoms with Crippen molar-refractivity contribution < 1.29 is 8.78 Å². The van der Waals surface area contributed by atoms with Crippen LogP contribution in [0, 0.1) is 11.6 Å². The summed E-state index contributed by atoms with van der Waals surface area (Å²) in [7, 11) is 0. The molecule has 102 valence electrons. The zero-order valence-corrected chi connectivity index (χ0v) is 10.7. The number of hydrogen-bond acceptors (Lipinski definition) is 2. The molecule has 5 heteroatoms. The first-order chi connectivity index (χ1) is 9.74. The van der Waals surface area contributed by atoms with Gasteiger partial charge in [-0.25, -0.2) is 13.8 Å². The van der Waals surface area contributed by atoms with Gasteiger partial charge in [-0.15, -0.1) is 0 Å². The molecule has 0 unspecified atom stereocenters. The quantitative estimate of drug-likeness (QED) is 0.766. The van der Waals surface area contributed by atoms with E-state index in [4.69, 9.17) is 0 Å². The molecule has 2 heterocycles. The van der Waals surface area contributed by atoms with Crippen molar-refractivity contribution in [1.29, 1.82) is 0 Å². The summed E-state index contributed by atoms with van der Waals surface area (Å²) < 4.78 is 26.5. The second-order valence-electron chi connectivity index (χ2n) is 4.55. The maximum Gasteiger partial charge on any atom is 0.137 e. The summed E-state index contributed by atoms with van der Waals surface area (Å²) in [5.74, 6) is -0.834. The molecule has 0 bridgehead atoms. The summed E-state index contributed by atoms with van der Waals surface area (Å²) in [6.45, 7) is 0.832. The van der Waals surface area contributed by atoms with Gasteiger partial charge in [0, 0.05) is 36.4 Å². The van der Waals surface area contributed by atoms with Crippen molar-refractivity contribution in [3.05, 3.63) is 65.5 Å². The van der Waals surface area contributed by atoms with Gasteiger partial charge in [0.25, 0.3) is 0 Å². The van der Waals surface area contributed by atoms with Gasteiger partial charge in [0.05, 0.1) is 0 Å². The van der Waals surface area contributed by atoms with Gasteiger partial charge in [-0.1, -0.05) is 0 Å². The molecule has 0 saturated heterocycles. The maximum absolute atomic E-state index is 13.5. The van der Waals surface area contributed by atoms with Crippen molar-refractivity contribution in [2.45, 2.75) is 13.1 Å². The van der Waals surface area contributed by atoms with Gasteiger partial charge in [0.15, 0.2) is 0 Å². The summed E-state index contributed by atoms with van der Waals surface area (Å²) in [6.07, 6.45) is 3.59. The molecule has 0 saturated carbocycles. The fourth-order valence-electron chi connectivity index (χ4n) is 2.17. The lowest BCUT2D eigenvalue weighted by Crippen LogP contribution is -2.13. The lowest BCUT2D eigenvalue weighted by Gasteiger charge is -2.05. The van der Waals surface area contributed by atoms with Crippen molar-refractivity contribution in [3.8, 4) is 0 Å². The smallest absolute Gasteiger partial charge is 0.137 e. The van der Waals surface area contributed by atoms with Crippen LogP contribution in [-0.4, -0.2) is 9.97 Å². The normalized spacial score (nSPS) is 11.1. The van der Waals surface area contributed by atoms with E-state index in [0.29, 0.717) is 12.1 Å². The molecule has 0 aliphatic carbocycles. The molecule has 0 aliphatic heterocycles. The standard InChI is InChI=1S/C15H13F2N3/c16-12-3-4-14(17)10(6-12)7-18-8-11-9-20-15-13(11)2-1-5-19-15/h1-6,9,18H,7-8H2,(H,19,20). The minimum atomic E-state index is -0.431. The van der Waals surface area contributed by atoms with Crippen LogP contribution in [0.15, 0.2) is 42.7 Å². The average molecular weight is 273 g/mol. The zero-order chi connectivity index (χ0) is 13.9. The maximum atomic E-state index is 13.5. The van der Waals surface area contributed by atoms with E-state index < -0.39 is 11.6 Å². The molecule has 0 atom stereocenters. The second-order valence-corrected chi connectivity index (χ2v) is 4.55. The van der Waals surface area contributed by atoms with Crippen molar-refractivity contribution in [2.75, 3.05) is 0 Å². The minimum absolute atomic E-state index is 0.274. The van der Waals surface area contributed by atoms with Gasteiger partial charge in [0.2, 0.25) is 0 Å². The van der Waals surface area contributed by atoms with Crippen LogP contribution in [0.25, 0.3) is 11.0 Å². The number of aromatic nitrogens is 2. The first-order valence-corrected chi connectivity index (χ1v) is 6.29. The number of rotatable bonds is 4. The molecular weight excluding hydrogens is 260 g/mol. The third-order valence-corrected chi connectivity index (χ3v) is 3.18. The number of pyridine rings is 1. The molecule has 3 aromatic rings. The van der Waals surface area contributed by atoms with Crippen molar-refractivity contribution in [1.82, 2.24) is 15.3 Å². The SMILES string of the molecule is Fc1ccc(F)c(CNCc2c[nH]c3ncccc23)c1. The third-order valence-electron chi connectivity index (χ3n) is 3.18. The van der Waals surface area contributed by atoms with E-state index in [1.165, 1.54) is 6.07 Å². The number of benzene rings is 1. The third kappa shape index (κ3) is 2.53. The topological polar surface area (TPSA) is 40.7 Å². The number of fused-ring (bicyclic) bond motifs is 1. The Bertz CT molecular complexity index is 737. The predicted molar refractivity (Wildman–Crippen MR) is 73.0 cm³/mol. The Hall–Kier alpha value is -2.27. The second kappa shape index (κ2) is 5.38. The Morgan fingerprint density at radius 3 is 2.85 bits per heavy atom. The Labute approximate surface area is 114 Å². The van der Waals surface area contributed by atoms with Crippen molar-refractivity contribution >= 4 is 11.0 Å². The number of hydrogen-bond donors (Lipinski definition) is 2. The first-order valence-electron chi connectivity index (χ1n) is 6.29. The molecule has 20 heavy (non-hydrogen) atoms. The zero-order valence-electron chi connectivity index (χ0n) is 10.7. The summed E-state index contributed by atoms with van der Waals surface area (Å²) in [5.41, 5.74) is 2.19. The number of H-pyrrole nitrogens is 1. The van der Waals surface area contributed by atoms with Gasteiger partial charge >= 0.3 is 0 Å². The highest BCUT2D eigenvalue weighted by Crippen LogP contribution is 2.15. The minimum Gasteiger partial charge on any atom is -0.346 e. The van der Waals surface area contributed by atoms with Crippen LogP contribution in [0.4, 0.5) is 8.78 Å². The van der Waals surface area contributed by atoms with Crippen LogP contribution in [0.1, 0.15) is 11.1 Å². The molecule has 0 aliphatic rings. The molecule has 3 rings (SSSR count). The van der Waals surface area contributed by atoms with Gasteiger partial charge in [-0.3, -0.25) is 0 Å². The highest BCUT2D eigenvalue weighted by atomic mass is 19.1. The van der Waals surface area contributed by atoms with Crippen LogP contribution in [0.5, 0.6) is 0 Å². The van der Waals surface area contributed by atoms with Crippen molar-refractivity contribution in [3.63, 3.8) is 0 Å². The van der Waals surface area contributed by atoms with Gasteiger partial charge < -0.3 is 10.3 Å². The molecule has 0 radical (unpaired) electrons. The Morgan fingerprint density at radius 2 is 1.95 bits per heavy atom. The molecular formula is C15H13F2N3. The van der Waals surface area contributed by atoms with Crippen LogP contribution < -0.4 is 5.32 Å². The largest absolute Gasteiger partial charge is 0.346 e. The highest BCUT2D eigenvalue weighted by molar-refractivity contribution is 5.79. The number of halogens is 2. The Morgan fingerprint density at radius 1 is 1.10 bits per heavy atom. The fraction of sp³-hybridized carbons (Fsp3) is 0.133. The van der Waals surface area contributed by atoms with Gasteiger partial charge in [-0.2, -0.15) is 0 Å². The Kier molecular flexibility index (Phi) is 3.43. The summed E-state index contributed by atoms with van der Waals surface area (Å²) in [5, 5.41) is 4.14. The first kappa shape index (κ1) is 12.7. The van der Waals surface area contributed by atoms with Crippen LogP contribution in [-0.2, 0) is 13.1 Å². The van der Waals surface area contributed by atoms with Crippen LogP contribution in [0.2, 0.25) is 0 Å². The number of aromatic amines is 1. The summed E-state index contributed by atoms with van der Waals surface area (Å²) >= 11 is 0. The highest BCUT2D eigenvalue weighted by Gasteiger charge is 2.06. The van der Waals surface area contributed by atoms with E-state index in [-0.39, 0.29) is 6.54 Å².